The topological polar surface area (TPSA) is 0 Å². The van der Waals surface area contributed by atoms with Crippen LogP contribution in [0, 0.1) is 0 Å². The van der Waals surface area contributed by atoms with Gasteiger partial charge in [0.05, 0.1) is 0 Å². The molecule has 0 aliphatic rings. The summed E-state index contributed by atoms with van der Waals surface area (Å²) in [7, 11) is 0. The van der Waals surface area contributed by atoms with E-state index in [9.17, 15) is 0 Å². The Morgan fingerprint density at radius 2 is 0.885 bits per heavy atom. The van der Waals surface area contributed by atoms with Crippen LogP contribution in [0.1, 0.15) is 143 Å². The van der Waals surface area contributed by atoms with E-state index in [0.29, 0.717) is 0 Å². The first kappa shape index (κ1) is 25.5. The molecule has 0 rings (SSSR count). The second-order valence-corrected chi connectivity index (χ2v) is 8.11. The van der Waals surface area contributed by atoms with Gasteiger partial charge < -0.3 is 0 Å². The second kappa shape index (κ2) is 22.5. The van der Waals surface area contributed by atoms with Gasteiger partial charge in [0.2, 0.25) is 0 Å². The molecule has 26 heavy (non-hydrogen) atoms. The molecule has 0 aromatic heterocycles. The molecule has 0 heteroatoms. The van der Waals surface area contributed by atoms with Crippen LogP contribution in [0.15, 0.2) is 23.8 Å². The third-order valence-electron chi connectivity index (χ3n) is 5.41. The van der Waals surface area contributed by atoms with Gasteiger partial charge in [0.1, 0.15) is 0 Å². The predicted octanol–water partition coefficient (Wildman–Crippen LogP) is 9.94. The smallest absolute Gasteiger partial charge is 0.0317 e. The summed E-state index contributed by atoms with van der Waals surface area (Å²) in [5, 5.41) is 0. The fourth-order valence-corrected chi connectivity index (χ4v) is 3.60. The van der Waals surface area contributed by atoms with E-state index in [2.05, 4.69) is 39.0 Å². The van der Waals surface area contributed by atoms with Gasteiger partial charge in [0.15, 0.2) is 0 Å². The van der Waals surface area contributed by atoms with Gasteiger partial charge in [-0.05, 0) is 32.1 Å². The van der Waals surface area contributed by atoms with Gasteiger partial charge in [-0.2, -0.15) is 0 Å². The summed E-state index contributed by atoms with van der Waals surface area (Å²) >= 11 is 0. The lowest BCUT2D eigenvalue weighted by molar-refractivity contribution is 0.560. The third kappa shape index (κ3) is 19.8. The van der Waals surface area contributed by atoms with Crippen LogP contribution in [-0.2, 0) is 0 Å². The summed E-state index contributed by atoms with van der Waals surface area (Å²) < 4.78 is 0. The van der Waals surface area contributed by atoms with Crippen molar-refractivity contribution in [2.24, 2.45) is 0 Å². The maximum absolute atomic E-state index is 2.42. The molecule has 0 amide bonds. The van der Waals surface area contributed by atoms with Crippen LogP contribution in [0.2, 0.25) is 0 Å². The molecule has 0 unspecified atom stereocenters. The molecule has 0 saturated carbocycles. The van der Waals surface area contributed by atoms with Crippen molar-refractivity contribution < 1.29 is 0 Å². The summed E-state index contributed by atoms with van der Waals surface area (Å²) in [6, 6.07) is 0. The maximum Gasteiger partial charge on any atom is -0.0317 e. The maximum atomic E-state index is 2.42. The van der Waals surface area contributed by atoms with E-state index in [4.69, 9.17) is 0 Å². The molecule has 0 atom stereocenters. The predicted molar refractivity (Wildman–Crippen MR) is 122 cm³/mol. The highest BCUT2D eigenvalue weighted by molar-refractivity contribution is 5.12. The van der Waals surface area contributed by atoms with Crippen LogP contribution >= 0.6 is 0 Å². The first-order valence-electron chi connectivity index (χ1n) is 12.2. The Morgan fingerprint density at radius 1 is 0.500 bits per heavy atom. The summed E-state index contributed by atoms with van der Waals surface area (Å²) in [5.41, 5.74) is 1.70. The molecule has 0 N–H and O–H groups in total. The molecule has 154 valence electrons. The van der Waals surface area contributed by atoms with Crippen molar-refractivity contribution in [1.82, 2.24) is 0 Å². The van der Waals surface area contributed by atoms with Gasteiger partial charge in [0, 0.05) is 0 Å². The van der Waals surface area contributed by atoms with Gasteiger partial charge in [-0.25, -0.2) is 0 Å². The van der Waals surface area contributed by atoms with Crippen molar-refractivity contribution in [2.45, 2.75) is 143 Å². The average molecular weight is 363 g/mol. The molecular formula is C26H50. The molecule has 0 aromatic carbocycles. The van der Waals surface area contributed by atoms with Gasteiger partial charge >= 0.3 is 0 Å². The monoisotopic (exact) mass is 362 g/mol. The number of hydrogen-bond acceptors (Lipinski definition) is 0. The van der Waals surface area contributed by atoms with Crippen LogP contribution in [0.4, 0.5) is 0 Å². The lowest BCUT2D eigenvalue weighted by atomic mass is 9.98. The Kier molecular flexibility index (Phi) is 22.1. The van der Waals surface area contributed by atoms with Crippen molar-refractivity contribution in [3.63, 3.8) is 0 Å². The Hall–Kier alpha value is -0.520. The van der Waals surface area contributed by atoms with E-state index in [1.54, 1.807) is 5.57 Å². The van der Waals surface area contributed by atoms with Gasteiger partial charge in [0.25, 0.3) is 0 Å². The fourth-order valence-electron chi connectivity index (χ4n) is 3.60. The second-order valence-electron chi connectivity index (χ2n) is 8.11. The minimum atomic E-state index is 1.15. The van der Waals surface area contributed by atoms with E-state index >= 15 is 0 Å². The van der Waals surface area contributed by atoms with Crippen LogP contribution in [0.25, 0.3) is 0 Å². The van der Waals surface area contributed by atoms with Crippen LogP contribution in [-0.4, -0.2) is 0 Å². The quantitative estimate of drug-likeness (QED) is 0.149. The zero-order valence-electron chi connectivity index (χ0n) is 18.7. The average Bonchev–Trinajstić information content (AvgIpc) is 2.65. The standard InChI is InChI=1S/C26H50/c1-4-7-10-12-14-16-18-21-24-26(23-20-9-6-3)25-22-19-17-15-13-11-8-5-2/h9,20,23H,4-8,10-19,21-22,24-25H2,1-3H3. The summed E-state index contributed by atoms with van der Waals surface area (Å²) in [4.78, 5) is 0. The lowest BCUT2D eigenvalue weighted by Crippen LogP contribution is -1.88. The van der Waals surface area contributed by atoms with Crippen LogP contribution in [0.3, 0.4) is 0 Å². The molecule has 0 heterocycles. The molecular weight excluding hydrogens is 312 g/mol. The van der Waals surface area contributed by atoms with Gasteiger partial charge in [-0.1, -0.05) is 134 Å². The molecule has 0 bridgehead atoms. The van der Waals surface area contributed by atoms with Gasteiger partial charge in [-0.3, -0.25) is 0 Å². The zero-order chi connectivity index (χ0) is 19.1. The van der Waals surface area contributed by atoms with E-state index in [-0.39, 0.29) is 0 Å². The molecule has 0 fully saturated rings. The third-order valence-corrected chi connectivity index (χ3v) is 5.41. The number of unbranched alkanes of at least 4 members (excludes halogenated alkanes) is 14. The van der Waals surface area contributed by atoms with E-state index in [1.165, 1.54) is 116 Å². The van der Waals surface area contributed by atoms with Crippen molar-refractivity contribution >= 4 is 0 Å². The van der Waals surface area contributed by atoms with E-state index in [0.717, 1.165) is 6.42 Å². The minimum Gasteiger partial charge on any atom is -0.0848 e. The van der Waals surface area contributed by atoms with Crippen molar-refractivity contribution in [3.05, 3.63) is 23.8 Å². The zero-order valence-corrected chi connectivity index (χ0v) is 18.7. The molecule has 0 aliphatic heterocycles. The highest BCUT2D eigenvalue weighted by Gasteiger charge is 1.99. The van der Waals surface area contributed by atoms with Crippen molar-refractivity contribution in [3.8, 4) is 0 Å². The molecule has 0 spiro atoms. The number of hydrogen-bond donors (Lipinski definition) is 0. The fraction of sp³-hybridized carbons (Fsp3) is 0.846. The first-order chi connectivity index (χ1) is 12.8. The lowest BCUT2D eigenvalue weighted by Gasteiger charge is -2.08. The number of rotatable bonds is 20. The Labute approximate surface area is 166 Å². The normalized spacial score (nSPS) is 11.3. The summed E-state index contributed by atoms with van der Waals surface area (Å²) in [6.45, 7) is 6.82. The molecule has 0 radical (unpaired) electrons. The molecule has 0 aliphatic carbocycles. The molecule has 0 nitrogen and oxygen atoms in total. The summed E-state index contributed by atoms with van der Waals surface area (Å²) in [6.07, 6.45) is 33.6. The highest BCUT2D eigenvalue weighted by atomic mass is 14.1. The Bertz CT molecular complexity index is 288. The Morgan fingerprint density at radius 3 is 1.27 bits per heavy atom. The molecule has 0 aromatic rings. The summed E-state index contributed by atoms with van der Waals surface area (Å²) in [5.74, 6) is 0. The SMILES string of the molecule is CCC=CC=C(CCCCCCCCCC)CCCCCCCCCC. The van der Waals surface area contributed by atoms with Crippen molar-refractivity contribution in [2.75, 3.05) is 0 Å². The van der Waals surface area contributed by atoms with Crippen molar-refractivity contribution in [1.29, 1.82) is 0 Å². The van der Waals surface area contributed by atoms with E-state index in [1.807, 2.05) is 0 Å². The minimum absolute atomic E-state index is 1.15. The highest BCUT2D eigenvalue weighted by Crippen LogP contribution is 2.19. The van der Waals surface area contributed by atoms with Crippen LogP contribution in [0.5, 0.6) is 0 Å². The number of allylic oxidation sites excluding steroid dienone is 4. The van der Waals surface area contributed by atoms with Crippen LogP contribution < -0.4 is 0 Å². The van der Waals surface area contributed by atoms with E-state index < -0.39 is 0 Å². The van der Waals surface area contributed by atoms with Gasteiger partial charge in [-0.15, -0.1) is 0 Å². The first-order valence-corrected chi connectivity index (χ1v) is 12.2. The Balaban J connectivity index is 3.78. The largest absolute Gasteiger partial charge is 0.0848 e. The molecule has 0 saturated heterocycles.